The number of rotatable bonds is 3. The Balaban J connectivity index is 1.48. The Hall–Kier alpha value is -1.45. The maximum Gasteiger partial charge on any atom is 0.246 e. The summed E-state index contributed by atoms with van der Waals surface area (Å²) in [5.41, 5.74) is 1.03. The van der Waals surface area contributed by atoms with Crippen molar-refractivity contribution in [2.75, 3.05) is 26.2 Å². The molecular formula is C18H29N5O3S. The van der Waals surface area contributed by atoms with Crippen LogP contribution in [0, 0.1) is 19.8 Å². The zero-order valence-electron chi connectivity index (χ0n) is 16.1. The van der Waals surface area contributed by atoms with Crippen molar-refractivity contribution in [3.63, 3.8) is 0 Å². The van der Waals surface area contributed by atoms with Crippen LogP contribution in [0.5, 0.6) is 0 Å². The Morgan fingerprint density at radius 1 is 1.07 bits per heavy atom. The topological polar surface area (TPSA) is 98.4 Å². The molecule has 3 unspecified atom stereocenters. The number of nitrogens with zero attached hydrogens (tertiary/aromatic N) is 3. The number of aromatic amines is 1. The summed E-state index contributed by atoms with van der Waals surface area (Å²) < 4.78 is 27.7. The average Bonchev–Trinajstić information content (AvgIpc) is 3.15. The van der Waals surface area contributed by atoms with Crippen LogP contribution in [-0.4, -0.2) is 72.0 Å². The highest BCUT2D eigenvalue weighted by molar-refractivity contribution is 7.89. The van der Waals surface area contributed by atoms with Gasteiger partial charge in [0.05, 0.1) is 17.3 Å². The Labute approximate surface area is 160 Å². The number of piperidine rings is 1. The fourth-order valence-electron chi connectivity index (χ4n) is 4.81. The number of nitrogens with one attached hydrogen (secondary N) is 2. The van der Waals surface area contributed by atoms with Gasteiger partial charge in [-0.25, -0.2) is 8.42 Å². The van der Waals surface area contributed by atoms with Crippen molar-refractivity contribution in [1.82, 2.24) is 24.7 Å². The molecule has 0 aliphatic carbocycles. The second kappa shape index (κ2) is 7.18. The standard InChI is InChI=1S/C18H29N5O3S/c1-12-17(13(2)21-20-12)27(25,26)23-8-3-4-14(10-23)18(24)22-9-7-15-5-6-16(11-22)19-15/h14-16,19H,3-11H2,1-2H3,(H,20,21). The van der Waals surface area contributed by atoms with Gasteiger partial charge in [-0.05, 0) is 46.0 Å². The lowest BCUT2D eigenvalue weighted by Crippen LogP contribution is -2.48. The van der Waals surface area contributed by atoms with Crippen molar-refractivity contribution >= 4 is 15.9 Å². The van der Waals surface area contributed by atoms with Gasteiger partial charge >= 0.3 is 0 Å². The van der Waals surface area contributed by atoms with Crippen molar-refractivity contribution in [3.05, 3.63) is 11.4 Å². The number of fused-ring (bicyclic) bond motifs is 2. The molecule has 27 heavy (non-hydrogen) atoms. The van der Waals surface area contributed by atoms with E-state index in [4.69, 9.17) is 0 Å². The molecule has 3 aliphatic rings. The highest BCUT2D eigenvalue weighted by atomic mass is 32.2. The lowest BCUT2D eigenvalue weighted by atomic mass is 9.97. The van der Waals surface area contributed by atoms with Gasteiger partial charge in [0, 0.05) is 38.3 Å². The summed E-state index contributed by atoms with van der Waals surface area (Å²) in [5.74, 6) is -0.137. The summed E-state index contributed by atoms with van der Waals surface area (Å²) in [6.07, 6.45) is 4.78. The molecule has 1 aromatic rings. The van der Waals surface area contributed by atoms with Crippen molar-refractivity contribution in [1.29, 1.82) is 0 Å². The number of aromatic nitrogens is 2. The molecule has 1 aromatic heterocycles. The van der Waals surface area contributed by atoms with Crippen molar-refractivity contribution in [2.45, 2.75) is 62.9 Å². The smallest absolute Gasteiger partial charge is 0.246 e. The lowest BCUT2D eigenvalue weighted by molar-refractivity contribution is -0.136. The zero-order valence-corrected chi connectivity index (χ0v) is 16.9. The molecule has 0 spiro atoms. The fraction of sp³-hybridized carbons (Fsp3) is 0.778. The van der Waals surface area contributed by atoms with E-state index in [9.17, 15) is 13.2 Å². The average molecular weight is 396 g/mol. The number of carbonyl (C=O) groups is 1. The van der Waals surface area contributed by atoms with Crippen LogP contribution < -0.4 is 5.32 Å². The second-order valence-corrected chi connectivity index (χ2v) is 10.1. The minimum Gasteiger partial charge on any atom is -0.341 e. The molecule has 4 heterocycles. The molecule has 0 aromatic carbocycles. The third-order valence-corrected chi connectivity index (χ3v) is 8.36. The maximum absolute atomic E-state index is 13.1. The van der Waals surface area contributed by atoms with Crippen LogP contribution in [0.1, 0.15) is 43.5 Å². The van der Waals surface area contributed by atoms with Crippen LogP contribution in [-0.2, 0) is 14.8 Å². The number of sulfonamides is 1. The van der Waals surface area contributed by atoms with Crippen LogP contribution in [0.15, 0.2) is 4.90 Å². The molecule has 2 N–H and O–H groups in total. The number of carbonyl (C=O) groups excluding carboxylic acids is 1. The minimum absolute atomic E-state index is 0.116. The molecule has 2 bridgehead atoms. The second-order valence-electron chi connectivity index (χ2n) is 8.18. The largest absolute Gasteiger partial charge is 0.341 e. The summed E-state index contributed by atoms with van der Waals surface area (Å²) in [6.45, 7) is 5.67. The van der Waals surface area contributed by atoms with Crippen molar-refractivity contribution in [3.8, 4) is 0 Å². The zero-order chi connectivity index (χ0) is 19.2. The van der Waals surface area contributed by atoms with Crippen molar-refractivity contribution in [2.24, 2.45) is 5.92 Å². The van der Waals surface area contributed by atoms with Crippen LogP contribution >= 0.6 is 0 Å². The van der Waals surface area contributed by atoms with Crippen LogP contribution in [0.3, 0.4) is 0 Å². The molecule has 3 saturated heterocycles. The summed E-state index contributed by atoms with van der Waals surface area (Å²) in [4.78, 5) is 15.4. The first kappa shape index (κ1) is 18.9. The first-order chi connectivity index (χ1) is 12.9. The maximum atomic E-state index is 13.1. The monoisotopic (exact) mass is 395 g/mol. The molecule has 1 amide bonds. The van der Waals surface area contributed by atoms with Crippen LogP contribution in [0.4, 0.5) is 0 Å². The number of H-pyrrole nitrogens is 1. The van der Waals surface area contributed by atoms with Crippen molar-refractivity contribution < 1.29 is 13.2 Å². The van der Waals surface area contributed by atoms with E-state index in [1.165, 1.54) is 10.7 Å². The number of hydrogen-bond donors (Lipinski definition) is 2. The Bertz CT molecular complexity index is 801. The quantitative estimate of drug-likeness (QED) is 0.788. The Kier molecular flexibility index (Phi) is 5.02. The number of hydrogen-bond acceptors (Lipinski definition) is 5. The summed E-state index contributed by atoms with van der Waals surface area (Å²) in [6, 6.07) is 0.921. The van der Waals surface area contributed by atoms with E-state index in [0.717, 1.165) is 32.4 Å². The Morgan fingerprint density at radius 3 is 2.59 bits per heavy atom. The number of amides is 1. The van der Waals surface area contributed by atoms with Gasteiger partial charge in [0.2, 0.25) is 15.9 Å². The van der Waals surface area contributed by atoms with Crippen LogP contribution in [0.25, 0.3) is 0 Å². The van der Waals surface area contributed by atoms with E-state index in [1.807, 2.05) is 4.90 Å². The summed E-state index contributed by atoms with van der Waals surface area (Å²) in [5, 5.41) is 10.4. The first-order valence-corrected chi connectivity index (χ1v) is 11.4. The number of likely N-dealkylation sites (tertiary alicyclic amines) is 1. The van der Waals surface area contributed by atoms with Gasteiger partial charge in [0.25, 0.3) is 0 Å². The molecule has 3 aliphatic heterocycles. The molecule has 8 nitrogen and oxygen atoms in total. The van der Waals surface area contributed by atoms with E-state index in [1.54, 1.807) is 13.8 Å². The molecule has 0 radical (unpaired) electrons. The highest BCUT2D eigenvalue weighted by Crippen LogP contribution is 2.29. The molecule has 150 valence electrons. The fourth-order valence-corrected chi connectivity index (χ4v) is 6.67. The van der Waals surface area contributed by atoms with E-state index in [-0.39, 0.29) is 23.3 Å². The normalized spacial score (nSPS) is 29.7. The third kappa shape index (κ3) is 3.52. The molecule has 9 heteroatoms. The van der Waals surface area contributed by atoms with E-state index in [0.29, 0.717) is 36.4 Å². The minimum atomic E-state index is -3.64. The predicted octanol–water partition coefficient (Wildman–Crippen LogP) is 0.780. The predicted molar refractivity (Wildman–Crippen MR) is 101 cm³/mol. The van der Waals surface area contributed by atoms with E-state index >= 15 is 0 Å². The third-order valence-electron chi connectivity index (χ3n) is 6.23. The molecule has 3 fully saturated rings. The van der Waals surface area contributed by atoms with Gasteiger partial charge < -0.3 is 10.2 Å². The van der Waals surface area contributed by atoms with E-state index < -0.39 is 10.0 Å². The number of aryl methyl sites for hydroxylation is 2. The van der Waals surface area contributed by atoms with Gasteiger partial charge in [0.1, 0.15) is 4.90 Å². The highest BCUT2D eigenvalue weighted by Gasteiger charge is 2.38. The van der Waals surface area contributed by atoms with Gasteiger partial charge in [-0.2, -0.15) is 9.40 Å². The molecular weight excluding hydrogens is 366 g/mol. The summed E-state index contributed by atoms with van der Waals surface area (Å²) in [7, 11) is -3.64. The van der Waals surface area contributed by atoms with Gasteiger partial charge in [-0.15, -0.1) is 0 Å². The van der Waals surface area contributed by atoms with Gasteiger partial charge in [-0.3, -0.25) is 9.89 Å². The van der Waals surface area contributed by atoms with Gasteiger partial charge in [-0.1, -0.05) is 0 Å². The summed E-state index contributed by atoms with van der Waals surface area (Å²) >= 11 is 0. The Morgan fingerprint density at radius 2 is 1.85 bits per heavy atom. The SMILES string of the molecule is Cc1n[nH]c(C)c1S(=O)(=O)N1CCCC(C(=O)N2CCC3CCC(C2)N3)C1. The molecule has 4 rings (SSSR count). The van der Waals surface area contributed by atoms with Crippen LogP contribution in [0.2, 0.25) is 0 Å². The lowest BCUT2D eigenvalue weighted by Gasteiger charge is -2.35. The van der Waals surface area contributed by atoms with E-state index in [2.05, 4.69) is 15.5 Å². The molecule has 0 saturated carbocycles. The molecule has 3 atom stereocenters. The first-order valence-electron chi connectivity index (χ1n) is 9.93. The van der Waals surface area contributed by atoms with Gasteiger partial charge in [0.15, 0.2) is 0 Å².